The van der Waals surface area contributed by atoms with E-state index in [2.05, 4.69) is 56.6 Å². The van der Waals surface area contributed by atoms with Crippen LogP contribution in [0.4, 0.5) is 5.69 Å². The summed E-state index contributed by atoms with van der Waals surface area (Å²) in [7, 11) is 3.50. The van der Waals surface area contributed by atoms with Crippen molar-refractivity contribution in [2.45, 2.75) is 19.8 Å². The van der Waals surface area contributed by atoms with Crippen molar-refractivity contribution in [3.63, 3.8) is 0 Å². The average molecular weight is 533 g/mol. The van der Waals surface area contributed by atoms with E-state index >= 15 is 0 Å². The Hall–Kier alpha value is -1.10. The summed E-state index contributed by atoms with van der Waals surface area (Å²) in [5, 5.41) is 6.74. The van der Waals surface area contributed by atoms with Crippen molar-refractivity contribution in [2.24, 2.45) is 4.99 Å². The summed E-state index contributed by atoms with van der Waals surface area (Å²) in [6.45, 7) is 11.6. The number of piperazine rings is 1. The summed E-state index contributed by atoms with van der Waals surface area (Å²) < 4.78 is 10.4. The van der Waals surface area contributed by atoms with Gasteiger partial charge in [0.1, 0.15) is 0 Å². The van der Waals surface area contributed by atoms with Crippen LogP contribution in [0.3, 0.4) is 0 Å². The standard InChI is InChI=1S/C22H39N5O2.HI/c1-20-7-4-8-21(19-20)27-14-12-26(13-15-27)11-5-9-24-22(23-2)25-10-6-16-29-18-17-28-3;/h4,7-8,19H,5-6,9-18H2,1-3H3,(H2,23,24,25);1H. The number of benzene rings is 1. The fourth-order valence-corrected chi connectivity index (χ4v) is 3.41. The van der Waals surface area contributed by atoms with Gasteiger partial charge in [-0.1, -0.05) is 12.1 Å². The van der Waals surface area contributed by atoms with E-state index in [-0.39, 0.29) is 24.0 Å². The molecule has 172 valence electrons. The van der Waals surface area contributed by atoms with E-state index < -0.39 is 0 Å². The van der Waals surface area contributed by atoms with E-state index in [1.54, 1.807) is 7.11 Å². The summed E-state index contributed by atoms with van der Waals surface area (Å²) in [6, 6.07) is 8.81. The zero-order valence-corrected chi connectivity index (χ0v) is 21.2. The van der Waals surface area contributed by atoms with Crippen molar-refractivity contribution in [3.05, 3.63) is 29.8 Å². The third-order valence-electron chi connectivity index (χ3n) is 5.10. The normalized spacial score (nSPS) is 15.0. The molecule has 1 fully saturated rings. The van der Waals surface area contributed by atoms with Crippen LogP contribution >= 0.6 is 24.0 Å². The molecule has 2 rings (SSSR count). The molecule has 7 nitrogen and oxygen atoms in total. The maximum Gasteiger partial charge on any atom is 0.190 e. The Morgan fingerprint density at radius 1 is 1.03 bits per heavy atom. The van der Waals surface area contributed by atoms with E-state index in [4.69, 9.17) is 9.47 Å². The number of rotatable bonds is 12. The Balaban J connectivity index is 0.00000450. The second-order valence-corrected chi connectivity index (χ2v) is 7.41. The highest BCUT2D eigenvalue weighted by molar-refractivity contribution is 14.0. The predicted octanol–water partition coefficient (Wildman–Crippen LogP) is 2.34. The number of nitrogens with zero attached hydrogens (tertiary/aromatic N) is 3. The highest BCUT2D eigenvalue weighted by Gasteiger charge is 2.16. The van der Waals surface area contributed by atoms with Crippen LogP contribution in [0.15, 0.2) is 29.3 Å². The molecule has 1 saturated heterocycles. The van der Waals surface area contributed by atoms with Crippen molar-refractivity contribution in [3.8, 4) is 0 Å². The molecule has 0 amide bonds. The lowest BCUT2D eigenvalue weighted by molar-refractivity contribution is 0.0698. The van der Waals surface area contributed by atoms with Gasteiger partial charge in [-0.05, 0) is 44.0 Å². The number of ether oxygens (including phenoxy) is 2. The van der Waals surface area contributed by atoms with Gasteiger partial charge in [-0.15, -0.1) is 24.0 Å². The van der Waals surface area contributed by atoms with E-state index in [0.717, 1.165) is 71.2 Å². The Kier molecular flexibility index (Phi) is 14.9. The smallest absolute Gasteiger partial charge is 0.190 e. The van der Waals surface area contributed by atoms with Crippen LogP contribution < -0.4 is 15.5 Å². The molecule has 0 aliphatic carbocycles. The van der Waals surface area contributed by atoms with Crippen LogP contribution in [0.25, 0.3) is 0 Å². The van der Waals surface area contributed by atoms with Crippen LogP contribution in [0.1, 0.15) is 18.4 Å². The number of halogens is 1. The number of methoxy groups -OCH3 is 1. The van der Waals surface area contributed by atoms with E-state index in [9.17, 15) is 0 Å². The second kappa shape index (κ2) is 16.6. The number of hydrogen-bond donors (Lipinski definition) is 2. The molecule has 30 heavy (non-hydrogen) atoms. The van der Waals surface area contributed by atoms with Crippen LogP contribution in [0.5, 0.6) is 0 Å². The fraction of sp³-hybridized carbons (Fsp3) is 0.682. The molecule has 0 bridgehead atoms. The third kappa shape index (κ3) is 10.8. The number of aryl methyl sites for hydroxylation is 1. The number of guanidine groups is 1. The minimum Gasteiger partial charge on any atom is -0.382 e. The second-order valence-electron chi connectivity index (χ2n) is 7.41. The number of nitrogens with one attached hydrogen (secondary N) is 2. The van der Waals surface area contributed by atoms with Gasteiger partial charge in [0.2, 0.25) is 0 Å². The summed E-state index contributed by atoms with van der Waals surface area (Å²) in [5.74, 6) is 0.867. The molecule has 0 unspecified atom stereocenters. The predicted molar refractivity (Wildman–Crippen MR) is 137 cm³/mol. The first-order valence-corrected chi connectivity index (χ1v) is 10.8. The topological polar surface area (TPSA) is 61.4 Å². The molecule has 1 aromatic carbocycles. The van der Waals surface area contributed by atoms with Crippen molar-refractivity contribution >= 4 is 35.6 Å². The lowest BCUT2D eigenvalue weighted by Crippen LogP contribution is -2.47. The molecular formula is C22H40IN5O2. The lowest BCUT2D eigenvalue weighted by atomic mass is 10.2. The fourth-order valence-electron chi connectivity index (χ4n) is 3.41. The molecule has 1 aliphatic rings. The zero-order chi connectivity index (χ0) is 20.7. The molecule has 0 saturated carbocycles. The molecule has 2 N–H and O–H groups in total. The van der Waals surface area contributed by atoms with Gasteiger partial charge in [0, 0.05) is 65.7 Å². The van der Waals surface area contributed by atoms with Gasteiger partial charge < -0.3 is 25.0 Å². The Morgan fingerprint density at radius 3 is 2.43 bits per heavy atom. The first-order valence-electron chi connectivity index (χ1n) is 10.8. The van der Waals surface area contributed by atoms with E-state index in [1.165, 1.54) is 11.3 Å². The molecule has 0 atom stereocenters. The maximum absolute atomic E-state index is 5.46. The van der Waals surface area contributed by atoms with Crippen molar-refractivity contribution in [1.29, 1.82) is 0 Å². The van der Waals surface area contributed by atoms with E-state index in [1.807, 2.05) is 7.05 Å². The Morgan fingerprint density at radius 2 is 1.77 bits per heavy atom. The third-order valence-corrected chi connectivity index (χ3v) is 5.10. The molecule has 1 aliphatic heterocycles. The highest BCUT2D eigenvalue weighted by Crippen LogP contribution is 2.17. The minimum atomic E-state index is 0. The summed E-state index contributed by atoms with van der Waals surface area (Å²) in [5.41, 5.74) is 2.68. The van der Waals surface area contributed by atoms with Crippen LogP contribution in [0.2, 0.25) is 0 Å². The quantitative estimate of drug-likeness (QED) is 0.186. The molecule has 1 heterocycles. The summed E-state index contributed by atoms with van der Waals surface area (Å²) in [6.07, 6.45) is 2.07. The zero-order valence-electron chi connectivity index (χ0n) is 18.9. The lowest BCUT2D eigenvalue weighted by Gasteiger charge is -2.36. The van der Waals surface area contributed by atoms with Crippen molar-refractivity contribution in [2.75, 3.05) is 84.7 Å². The first-order chi connectivity index (χ1) is 14.2. The van der Waals surface area contributed by atoms with E-state index in [0.29, 0.717) is 13.2 Å². The van der Waals surface area contributed by atoms with Gasteiger partial charge in [-0.3, -0.25) is 9.89 Å². The Bertz CT molecular complexity index is 595. The first kappa shape index (κ1) is 26.9. The van der Waals surface area contributed by atoms with Crippen LogP contribution in [-0.4, -0.2) is 90.7 Å². The van der Waals surface area contributed by atoms with Gasteiger partial charge in [0.05, 0.1) is 13.2 Å². The average Bonchev–Trinajstić information content (AvgIpc) is 2.75. The van der Waals surface area contributed by atoms with Gasteiger partial charge in [0.25, 0.3) is 0 Å². The van der Waals surface area contributed by atoms with Crippen LogP contribution in [-0.2, 0) is 9.47 Å². The Labute approximate surface area is 199 Å². The van der Waals surface area contributed by atoms with Crippen molar-refractivity contribution < 1.29 is 9.47 Å². The highest BCUT2D eigenvalue weighted by atomic mass is 127. The molecule has 8 heteroatoms. The monoisotopic (exact) mass is 533 g/mol. The molecule has 0 radical (unpaired) electrons. The molecule has 0 spiro atoms. The number of aliphatic imine (C=N–C) groups is 1. The van der Waals surface area contributed by atoms with Crippen LogP contribution in [0, 0.1) is 6.92 Å². The molecular weight excluding hydrogens is 493 g/mol. The summed E-state index contributed by atoms with van der Waals surface area (Å²) in [4.78, 5) is 9.33. The maximum atomic E-state index is 5.46. The van der Waals surface area contributed by atoms with Crippen molar-refractivity contribution in [1.82, 2.24) is 15.5 Å². The summed E-state index contributed by atoms with van der Waals surface area (Å²) >= 11 is 0. The van der Waals surface area contributed by atoms with Gasteiger partial charge in [-0.25, -0.2) is 0 Å². The number of anilines is 1. The minimum absolute atomic E-state index is 0. The largest absolute Gasteiger partial charge is 0.382 e. The van der Waals surface area contributed by atoms with Gasteiger partial charge in [0.15, 0.2) is 5.96 Å². The SMILES string of the molecule is CN=C(NCCCOCCOC)NCCCN1CCN(c2cccc(C)c2)CC1.I. The molecule has 1 aromatic rings. The molecule has 0 aromatic heterocycles. The van der Waals surface area contributed by atoms with Gasteiger partial charge >= 0.3 is 0 Å². The van der Waals surface area contributed by atoms with Gasteiger partial charge in [-0.2, -0.15) is 0 Å². The number of hydrogen-bond acceptors (Lipinski definition) is 5.